The molecule has 0 saturated heterocycles. The van der Waals surface area contributed by atoms with E-state index in [1.165, 1.54) is 5.56 Å². The zero-order valence-electron chi connectivity index (χ0n) is 15.1. The molecule has 0 spiro atoms. The lowest BCUT2D eigenvalue weighted by molar-refractivity contribution is -0.117. The predicted octanol–water partition coefficient (Wildman–Crippen LogP) is 5.28. The Kier molecular flexibility index (Phi) is 4.14. The first-order chi connectivity index (χ1) is 13.7. The minimum atomic E-state index is 0.0896. The number of halogens is 1. The Morgan fingerprint density at radius 2 is 2.11 bits per heavy atom. The maximum Gasteiger partial charge on any atom is 0.231 e. The zero-order valence-corrected chi connectivity index (χ0v) is 15.8. The number of rotatable bonds is 3. The molecule has 0 saturated carbocycles. The van der Waals surface area contributed by atoms with Crippen molar-refractivity contribution >= 4 is 34.2 Å². The van der Waals surface area contributed by atoms with E-state index in [-0.39, 0.29) is 5.91 Å². The molecule has 1 amide bonds. The Morgan fingerprint density at radius 1 is 1.18 bits per heavy atom. The largest absolute Gasteiger partial charge is 0.464 e. The first-order valence-electron chi connectivity index (χ1n) is 9.18. The summed E-state index contributed by atoms with van der Waals surface area (Å²) >= 11 is 6.04. The lowest BCUT2D eigenvalue weighted by atomic mass is 10.0. The molecule has 0 fully saturated rings. The van der Waals surface area contributed by atoms with Crippen LogP contribution in [0.5, 0.6) is 0 Å². The van der Waals surface area contributed by atoms with Crippen molar-refractivity contribution in [3.05, 3.63) is 83.3 Å². The van der Waals surface area contributed by atoms with Crippen molar-refractivity contribution in [3.8, 4) is 11.1 Å². The van der Waals surface area contributed by atoms with E-state index < -0.39 is 0 Å². The first kappa shape index (κ1) is 17.0. The number of fused-ring (bicyclic) bond motifs is 2. The van der Waals surface area contributed by atoms with Crippen molar-refractivity contribution in [1.82, 2.24) is 4.98 Å². The minimum absolute atomic E-state index is 0.0896. The normalized spacial score (nSPS) is 13.1. The number of carbonyl (C=O) groups is 1. The number of carbonyl (C=O) groups excluding carboxylic acids is 1. The van der Waals surface area contributed by atoms with Gasteiger partial charge < -0.3 is 9.32 Å². The Labute approximate surface area is 167 Å². The van der Waals surface area contributed by atoms with Gasteiger partial charge in [0.1, 0.15) is 5.58 Å². The third kappa shape index (κ3) is 2.96. The first-order valence-corrected chi connectivity index (χ1v) is 9.56. The van der Waals surface area contributed by atoms with Crippen LogP contribution in [-0.2, 0) is 17.6 Å². The molecule has 138 valence electrons. The van der Waals surface area contributed by atoms with Crippen LogP contribution in [0.2, 0.25) is 5.02 Å². The van der Waals surface area contributed by atoms with Gasteiger partial charge in [-0.05, 0) is 53.4 Å². The predicted molar refractivity (Wildman–Crippen MR) is 111 cm³/mol. The summed E-state index contributed by atoms with van der Waals surface area (Å²) in [6.45, 7) is 0.700. The van der Waals surface area contributed by atoms with Crippen LogP contribution in [0.4, 0.5) is 5.69 Å². The lowest BCUT2D eigenvalue weighted by Gasteiger charge is -2.18. The highest BCUT2D eigenvalue weighted by molar-refractivity contribution is 6.30. The van der Waals surface area contributed by atoms with E-state index in [1.807, 2.05) is 53.6 Å². The van der Waals surface area contributed by atoms with Crippen LogP contribution in [0.3, 0.4) is 0 Å². The number of anilines is 1. The second-order valence-corrected chi connectivity index (χ2v) is 7.40. The van der Waals surface area contributed by atoms with Gasteiger partial charge >= 0.3 is 0 Å². The van der Waals surface area contributed by atoms with Gasteiger partial charge in [0.25, 0.3) is 0 Å². The summed E-state index contributed by atoms with van der Waals surface area (Å²) < 4.78 is 5.64. The molecule has 5 rings (SSSR count). The van der Waals surface area contributed by atoms with E-state index in [0.29, 0.717) is 18.0 Å². The molecular formula is C23H17ClN2O2. The van der Waals surface area contributed by atoms with Crippen LogP contribution in [0.1, 0.15) is 11.1 Å². The van der Waals surface area contributed by atoms with Crippen molar-refractivity contribution in [3.63, 3.8) is 0 Å². The van der Waals surface area contributed by atoms with E-state index in [2.05, 4.69) is 11.1 Å². The van der Waals surface area contributed by atoms with Gasteiger partial charge in [0.2, 0.25) is 5.91 Å². The second-order valence-electron chi connectivity index (χ2n) is 6.97. The van der Waals surface area contributed by atoms with E-state index in [9.17, 15) is 4.79 Å². The number of nitrogens with zero attached hydrogens (tertiary/aromatic N) is 2. The van der Waals surface area contributed by atoms with Crippen LogP contribution in [-0.4, -0.2) is 17.4 Å². The molecule has 4 nitrogen and oxygen atoms in total. The van der Waals surface area contributed by atoms with E-state index in [0.717, 1.165) is 39.8 Å². The molecule has 4 aromatic rings. The van der Waals surface area contributed by atoms with Crippen LogP contribution in [0, 0.1) is 0 Å². The number of benzene rings is 2. The van der Waals surface area contributed by atoms with Gasteiger partial charge in [-0.1, -0.05) is 29.8 Å². The third-order valence-electron chi connectivity index (χ3n) is 5.21. The Balaban J connectivity index is 1.43. The van der Waals surface area contributed by atoms with Gasteiger partial charge in [-0.3, -0.25) is 9.78 Å². The Bertz CT molecular complexity index is 1200. The SMILES string of the molecule is O=C(Cc1cccc(Cl)c1)N1CCc2cc(-c3coc4ccncc34)ccc21. The highest BCUT2D eigenvalue weighted by Crippen LogP contribution is 2.36. The topological polar surface area (TPSA) is 46.3 Å². The standard InChI is InChI=1S/C23H17ClN2O2/c24-18-3-1-2-15(10-18)11-23(27)26-9-7-17-12-16(4-5-21(17)26)20-14-28-22-6-8-25-13-19(20)22/h1-6,8,10,12-14H,7,9,11H2. The van der Waals surface area contributed by atoms with Gasteiger partial charge in [-0.15, -0.1) is 0 Å². The number of hydrogen-bond acceptors (Lipinski definition) is 3. The van der Waals surface area contributed by atoms with Crippen molar-refractivity contribution in [1.29, 1.82) is 0 Å². The molecule has 1 aliphatic heterocycles. The van der Waals surface area contributed by atoms with Gasteiger partial charge in [-0.2, -0.15) is 0 Å². The van der Waals surface area contributed by atoms with E-state index >= 15 is 0 Å². The average molecular weight is 389 g/mol. The van der Waals surface area contributed by atoms with Gasteiger partial charge in [0, 0.05) is 40.6 Å². The molecule has 0 aliphatic carbocycles. The van der Waals surface area contributed by atoms with Crippen molar-refractivity contribution in [2.45, 2.75) is 12.8 Å². The second kappa shape index (κ2) is 6.80. The molecular weight excluding hydrogens is 372 g/mol. The number of amides is 1. The molecule has 0 N–H and O–H groups in total. The maximum atomic E-state index is 12.8. The fourth-order valence-electron chi connectivity index (χ4n) is 3.84. The monoisotopic (exact) mass is 388 g/mol. The molecule has 3 heterocycles. The summed E-state index contributed by atoms with van der Waals surface area (Å²) in [5, 5.41) is 1.65. The number of hydrogen-bond donors (Lipinski definition) is 0. The number of pyridine rings is 1. The number of aromatic nitrogens is 1. The molecule has 5 heteroatoms. The summed E-state index contributed by atoms with van der Waals surface area (Å²) in [6.07, 6.45) is 6.51. The summed E-state index contributed by atoms with van der Waals surface area (Å²) in [4.78, 5) is 18.9. The molecule has 28 heavy (non-hydrogen) atoms. The smallest absolute Gasteiger partial charge is 0.231 e. The maximum absolute atomic E-state index is 12.8. The molecule has 1 aliphatic rings. The zero-order chi connectivity index (χ0) is 19.1. The highest BCUT2D eigenvalue weighted by Gasteiger charge is 2.25. The minimum Gasteiger partial charge on any atom is -0.464 e. The Hall–Kier alpha value is -3.11. The van der Waals surface area contributed by atoms with Crippen molar-refractivity contribution in [2.75, 3.05) is 11.4 Å². The molecule has 2 aromatic heterocycles. The quantitative estimate of drug-likeness (QED) is 0.479. The average Bonchev–Trinajstić information content (AvgIpc) is 3.31. The fourth-order valence-corrected chi connectivity index (χ4v) is 4.05. The van der Waals surface area contributed by atoms with Gasteiger partial charge in [0.05, 0.1) is 12.7 Å². The molecule has 0 atom stereocenters. The Morgan fingerprint density at radius 3 is 3.00 bits per heavy atom. The summed E-state index contributed by atoms with van der Waals surface area (Å²) in [5.41, 5.74) is 6.02. The van der Waals surface area contributed by atoms with Crippen LogP contribution in [0.15, 0.2) is 71.6 Å². The van der Waals surface area contributed by atoms with E-state index in [1.54, 1.807) is 12.5 Å². The van der Waals surface area contributed by atoms with Gasteiger partial charge in [0.15, 0.2) is 0 Å². The molecule has 2 aromatic carbocycles. The highest BCUT2D eigenvalue weighted by atomic mass is 35.5. The van der Waals surface area contributed by atoms with Crippen molar-refractivity contribution < 1.29 is 9.21 Å². The fraction of sp³-hybridized carbons (Fsp3) is 0.130. The summed E-state index contributed by atoms with van der Waals surface area (Å²) in [7, 11) is 0. The molecule has 0 bridgehead atoms. The summed E-state index contributed by atoms with van der Waals surface area (Å²) in [5.74, 6) is 0.0896. The molecule has 0 unspecified atom stereocenters. The van der Waals surface area contributed by atoms with Crippen LogP contribution in [0.25, 0.3) is 22.1 Å². The van der Waals surface area contributed by atoms with E-state index in [4.69, 9.17) is 16.0 Å². The lowest BCUT2D eigenvalue weighted by Crippen LogP contribution is -2.30. The van der Waals surface area contributed by atoms with Crippen LogP contribution >= 0.6 is 11.6 Å². The van der Waals surface area contributed by atoms with Gasteiger partial charge in [-0.25, -0.2) is 0 Å². The summed E-state index contributed by atoms with van der Waals surface area (Å²) in [6, 6.07) is 15.6. The number of furan rings is 1. The molecule has 0 radical (unpaired) electrons. The third-order valence-corrected chi connectivity index (χ3v) is 5.44. The van der Waals surface area contributed by atoms with Crippen LogP contribution < -0.4 is 4.90 Å². The van der Waals surface area contributed by atoms with Crippen molar-refractivity contribution in [2.24, 2.45) is 0 Å².